The zero-order chi connectivity index (χ0) is 27.8. The van der Waals surface area contributed by atoms with E-state index in [9.17, 15) is 18.7 Å². The van der Waals surface area contributed by atoms with E-state index < -0.39 is 17.2 Å². The minimum atomic E-state index is -1.47. The van der Waals surface area contributed by atoms with Crippen LogP contribution in [0.1, 0.15) is 11.1 Å². The molecule has 0 spiro atoms. The highest BCUT2D eigenvalue weighted by Gasteiger charge is 2.37. The molecule has 1 fully saturated rings. The smallest absolute Gasteiger partial charge is 0.248 e. The first-order valence-electron chi connectivity index (χ1n) is 12.7. The van der Waals surface area contributed by atoms with Crippen molar-refractivity contribution in [3.63, 3.8) is 0 Å². The van der Waals surface area contributed by atoms with E-state index in [-0.39, 0.29) is 38.0 Å². The SMILES string of the molecule is COCC(=O)N1CCN(Cc2cccc(OCCn3cc(C)cn3)c2)C[C@](O)(COc2ccc(F)c(F)c2)C1. The van der Waals surface area contributed by atoms with Crippen LogP contribution in [0, 0.1) is 18.6 Å². The summed E-state index contributed by atoms with van der Waals surface area (Å²) in [5.41, 5.74) is 0.593. The molecule has 2 heterocycles. The Bertz CT molecular complexity index is 1260. The predicted molar refractivity (Wildman–Crippen MR) is 139 cm³/mol. The molecule has 39 heavy (non-hydrogen) atoms. The lowest BCUT2D eigenvalue weighted by molar-refractivity contribution is -0.138. The van der Waals surface area contributed by atoms with Crippen molar-refractivity contribution in [2.45, 2.75) is 25.6 Å². The molecule has 3 aromatic rings. The second kappa shape index (κ2) is 13.0. The van der Waals surface area contributed by atoms with Gasteiger partial charge in [0.15, 0.2) is 11.6 Å². The van der Waals surface area contributed by atoms with Gasteiger partial charge in [0.05, 0.1) is 19.3 Å². The number of β-amino-alcohol motifs (C(OH)–C–C–N with tert-alkyl or cyclic N) is 1. The lowest BCUT2D eigenvalue weighted by Gasteiger charge is -2.33. The summed E-state index contributed by atoms with van der Waals surface area (Å²) in [6, 6.07) is 10.9. The average Bonchev–Trinajstić information content (AvgIpc) is 3.24. The molecule has 0 aliphatic carbocycles. The Morgan fingerprint density at radius 1 is 1.08 bits per heavy atom. The molecule has 9 nitrogen and oxygen atoms in total. The number of nitrogens with zero attached hydrogens (tertiary/aromatic N) is 4. The number of rotatable bonds is 11. The molecule has 0 saturated carbocycles. The van der Waals surface area contributed by atoms with E-state index in [0.29, 0.717) is 32.8 Å². The molecule has 210 valence electrons. The summed E-state index contributed by atoms with van der Waals surface area (Å²) in [7, 11) is 1.44. The van der Waals surface area contributed by atoms with Crippen molar-refractivity contribution < 1.29 is 32.9 Å². The van der Waals surface area contributed by atoms with Crippen LogP contribution >= 0.6 is 0 Å². The fourth-order valence-corrected chi connectivity index (χ4v) is 4.52. The van der Waals surface area contributed by atoms with E-state index in [2.05, 4.69) is 5.10 Å². The number of carbonyl (C=O) groups is 1. The van der Waals surface area contributed by atoms with E-state index in [1.807, 2.05) is 47.0 Å². The lowest BCUT2D eigenvalue weighted by atomic mass is 10.0. The zero-order valence-electron chi connectivity index (χ0n) is 22.2. The summed E-state index contributed by atoms with van der Waals surface area (Å²) < 4.78 is 45.4. The van der Waals surface area contributed by atoms with Gasteiger partial charge in [-0.2, -0.15) is 5.10 Å². The Morgan fingerprint density at radius 3 is 2.64 bits per heavy atom. The van der Waals surface area contributed by atoms with Gasteiger partial charge in [0, 0.05) is 45.6 Å². The largest absolute Gasteiger partial charge is 0.492 e. The second-order valence-electron chi connectivity index (χ2n) is 9.82. The van der Waals surface area contributed by atoms with E-state index in [4.69, 9.17) is 14.2 Å². The number of benzene rings is 2. The maximum Gasteiger partial charge on any atom is 0.248 e. The van der Waals surface area contributed by atoms with Crippen molar-refractivity contribution in [2.24, 2.45) is 0 Å². The molecule has 1 aliphatic rings. The Hall–Kier alpha value is -3.54. The van der Waals surface area contributed by atoms with Gasteiger partial charge in [-0.05, 0) is 42.3 Å². The van der Waals surface area contributed by atoms with Gasteiger partial charge < -0.3 is 24.2 Å². The number of carbonyl (C=O) groups excluding carboxylic acids is 1. The van der Waals surface area contributed by atoms with E-state index >= 15 is 0 Å². The Kier molecular flexibility index (Phi) is 9.50. The number of ether oxygens (including phenoxy) is 3. The zero-order valence-corrected chi connectivity index (χ0v) is 22.2. The summed E-state index contributed by atoms with van der Waals surface area (Å²) >= 11 is 0. The van der Waals surface area contributed by atoms with Crippen LogP contribution in [0.3, 0.4) is 0 Å². The van der Waals surface area contributed by atoms with Gasteiger partial charge in [-0.25, -0.2) is 8.78 Å². The van der Waals surface area contributed by atoms with Crippen molar-refractivity contribution in [3.05, 3.63) is 77.6 Å². The van der Waals surface area contributed by atoms with Crippen LogP contribution in [0.15, 0.2) is 54.9 Å². The third kappa shape index (κ3) is 8.22. The van der Waals surface area contributed by atoms with Gasteiger partial charge in [-0.1, -0.05) is 12.1 Å². The van der Waals surface area contributed by atoms with Crippen LogP contribution < -0.4 is 9.47 Å². The van der Waals surface area contributed by atoms with Gasteiger partial charge >= 0.3 is 0 Å². The van der Waals surface area contributed by atoms with Crippen molar-refractivity contribution in [1.82, 2.24) is 19.6 Å². The molecule has 0 bridgehead atoms. The number of halogens is 2. The van der Waals surface area contributed by atoms with E-state index in [1.54, 1.807) is 6.20 Å². The molecule has 2 aromatic carbocycles. The first-order chi connectivity index (χ1) is 18.7. The van der Waals surface area contributed by atoms with Gasteiger partial charge in [-0.15, -0.1) is 0 Å². The highest BCUT2D eigenvalue weighted by atomic mass is 19.2. The Labute approximate surface area is 226 Å². The summed E-state index contributed by atoms with van der Waals surface area (Å²) in [4.78, 5) is 16.2. The molecule has 1 N–H and O–H groups in total. The Balaban J connectivity index is 1.42. The molecule has 1 saturated heterocycles. The fourth-order valence-electron chi connectivity index (χ4n) is 4.52. The van der Waals surface area contributed by atoms with Crippen molar-refractivity contribution in [1.29, 1.82) is 0 Å². The number of amides is 1. The van der Waals surface area contributed by atoms with Gasteiger partial charge in [0.2, 0.25) is 5.91 Å². The third-order valence-corrected chi connectivity index (χ3v) is 6.36. The molecule has 1 atom stereocenters. The maximum absolute atomic E-state index is 13.7. The monoisotopic (exact) mass is 544 g/mol. The fraction of sp³-hybridized carbons (Fsp3) is 0.429. The second-order valence-corrected chi connectivity index (χ2v) is 9.82. The number of aromatic nitrogens is 2. The number of hydrogen-bond donors (Lipinski definition) is 1. The number of aryl methyl sites for hydroxylation is 1. The summed E-state index contributed by atoms with van der Waals surface area (Å²) in [5, 5.41) is 15.8. The first-order valence-corrected chi connectivity index (χ1v) is 12.7. The van der Waals surface area contributed by atoms with Crippen LogP contribution in [0.2, 0.25) is 0 Å². The molecule has 1 aliphatic heterocycles. The van der Waals surface area contributed by atoms with Gasteiger partial charge in [-0.3, -0.25) is 14.4 Å². The highest BCUT2D eigenvalue weighted by Crippen LogP contribution is 2.22. The normalized spacial score (nSPS) is 18.1. The van der Waals surface area contributed by atoms with Gasteiger partial charge in [0.1, 0.15) is 36.9 Å². The molecular weight excluding hydrogens is 510 g/mol. The highest BCUT2D eigenvalue weighted by molar-refractivity contribution is 5.77. The quantitative estimate of drug-likeness (QED) is 0.397. The molecule has 0 radical (unpaired) electrons. The minimum Gasteiger partial charge on any atom is -0.492 e. The van der Waals surface area contributed by atoms with Crippen LogP contribution in [0.5, 0.6) is 11.5 Å². The number of aliphatic hydroxyl groups is 1. The molecule has 4 rings (SSSR count). The van der Waals surface area contributed by atoms with Crippen LogP contribution in [-0.4, -0.2) is 89.3 Å². The molecule has 11 heteroatoms. The third-order valence-electron chi connectivity index (χ3n) is 6.36. The predicted octanol–water partition coefficient (Wildman–Crippen LogP) is 2.65. The van der Waals surface area contributed by atoms with Crippen LogP contribution in [0.4, 0.5) is 8.78 Å². The summed E-state index contributed by atoms with van der Waals surface area (Å²) in [5.74, 6) is -1.47. The first kappa shape index (κ1) is 28.5. The summed E-state index contributed by atoms with van der Waals surface area (Å²) in [6.07, 6.45) is 3.76. The lowest BCUT2D eigenvalue weighted by Crippen LogP contribution is -2.52. The van der Waals surface area contributed by atoms with Crippen LogP contribution in [0.25, 0.3) is 0 Å². The topological polar surface area (TPSA) is 89.3 Å². The van der Waals surface area contributed by atoms with Crippen LogP contribution in [-0.2, 0) is 22.6 Å². The molecule has 1 amide bonds. The average molecular weight is 545 g/mol. The Morgan fingerprint density at radius 2 is 1.90 bits per heavy atom. The molecule has 1 aromatic heterocycles. The van der Waals surface area contributed by atoms with Gasteiger partial charge in [0.25, 0.3) is 0 Å². The number of methoxy groups -OCH3 is 1. The van der Waals surface area contributed by atoms with Crippen molar-refractivity contribution in [2.75, 3.05) is 53.1 Å². The van der Waals surface area contributed by atoms with Crippen molar-refractivity contribution in [3.8, 4) is 11.5 Å². The van der Waals surface area contributed by atoms with Crippen molar-refractivity contribution >= 4 is 5.91 Å². The molecule has 0 unspecified atom stereocenters. The summed E-state index contributed by atoms with van der Waals surface area (Å²) in [6.45, 7) is 4.32. The van der Waals surface area contributed by atoms with E-state index in [0.717, 1.165) is 29.0 Å². The number of hydrogen-bond acceptors (Lipinski definition) is 7. The standard InChI is InChI=1S/C28H34F2N4O5/c1-21-14-31-34(15-21)10-11-38-23-5-3-4-22(12-23)16-32-8-9-33(27(35)17-37-2)19-28(36,18-32)20-39-24-6-7-25(29)26(30)13-24/h3-7,12-15,36H,8-11,16-20H2,1-2H3/t28-/m1/s1. The van der Waals surface area contributed by atoms with E-state index in [1.165, 1.54) is 18.1 Å². The maximum atomic E-state index is 13.7. The minimum absolute atomic E-state index is 0.00538. The molecular formula is C28H34F2N4O5.